The smallest absolute Gasteiger partial charge is 0.244 e. The van der Waals surface area contributed by atoms with E-state index in [1.54, 1.807) is 13.0 Å². The van der Waals surface area contributed by atoms with E-state index in [1.807, 2.05) is 30.3 Å². The molecule has 2 N–H and O–H groups in total. The minimum atomic E-state index is -0.522. The van der Waals surface area contributed by atoms with Gasteiger partial charge in [0, 0.05) is 12.6 Å². The maximum Gasteiger partial charge on any atom is 0.244 e. The van der Waals surface area contributed by atoms with Gasteiger partial charge in [-0.2, -0.15) is 0 Å². The minimum absolute atomic E-state index is 0.114. The first-order valence-electron chi connectivity index (χ1n) is 8.46. The standard InChI is InChI=1S/C19H26N2O2/c1-15(19(23)20-14-17-10-6-3-7-11-17)21-18(22)13-12-16-8-4-2-5-9-16/h2,4-5,8-9,12-13,15,17H,3,6-7,10-11,14H2,1H3,(H,20,23)(H,21,22)/b13-12+. The molecular weight excluding hydrogens is 288 g/mol. The third kappa shape index (κ3) is 6.27. The van der Waals surface area contributed by atoms with Crippen LogP contribution in [0.15, 0.2) is 36.4 Å². The lowest BCUT2D eigenvalue weighted by molar-refractivity contribution is -0.126. The zero-order chi connectivity index (χ0) is 16.5. The Morgan fingerprint density at radius 1 is 1.17 bits per heavy atom. The molecule has 124 valence electrons. The van der Waals surface area contributed by atoms with Crippen molar-refractivity contribution in [3.05, 3.63) is 42.0 Å². The molecule has 0 spiro atoms. The maximum atomic E-state index is 12.0. The van der Waals surface area contributed by atoms with Gasteiger partial charge in [0.05, 0.1) is 0 Å². The van der Waals surface area contributed by atoms with E-state index in [0.29, 0.717) is 5.92 Å². The van der Waals surface area contributed by atoms with Crippen molar-refractivity contribution in [2.75, 3.05) is 6.54 Å². The van der Waals surface area contributed by atoms with Gasteiger partial charge in [-0.1, -0.05) is 49.6 Å². The lowest BCUT2D eigenvalue weighted by Gasteiger charge is -2.22. The molecule has 0 saturated heterocycles. The third-order valence-corrected chi connectivity index (χ3v) is 4.27. The van der Waals surface area contributed by atoms with E-state index in [2.05, 4.69) is 10.6 Å². The highest BCUT2D eigenvalue weighted by Crippen LogP contribution is 2.22. The number of amides is 2. The average molecular weight is 314 g/mol. The Kier molecular flexibility index (Phi) is 6.85. The summed E-state index contributed by atoms with van der Waals surface area (Å²) in [6.45, 7) is 2.43. The number of hydrogen-bond donors (Lipinski definition) is 2. The van der Waals surface area contributed by atoms with Gasteiger partial charge >= 0.3 is 0 Å². The van der Waals surface area contributed by atoms with Gasteiger partial charge in [-0.15, -0.1) is 0 Å². The van der Waals surface area contributed by atoms with Crippen LogP contribution >= 0.6 is 0 Å². The Morgan fingerprint density at radius 3 is 2.57 bits per heavy atom. The molecule has 1 fully saturated rings. The Labute approximate surface area is 138 Å². The molecule has 0 aliphatic heterocycles. The summed E-state index contributed by atoms with van der Waals surface area (Å²) in [6.07, 6.45) is 9.42. The lowest BCUT2D eigenvalue weighted by Crippen LogP contribution is -2.45. The molecule has 0 radical (unpaired) electrons. The predicted octanol–water partition coefficient (Wildman–Crippen LogP) is 2.90. The van der Waals surface area contributed by atoms with Gasteiger partial charge in [0.15, 0.2) is 0 Å². The predicted molar refractivity (Wildman–Crippen MR) is 92.7 cm³/mol. The summed E-state index contributed by atoms with van der Waals surface area (Å²) in [5.41, 5.74) is 0.956. The highest BCUT2D eigenvalue weighted by molar-refractivity contribution is 5.95. The van der Waals surface area contributed by atoms with Crippen LogP contribution in [0.2, 0.25) is 0 Å². The summed E-state index contributed by atoms with van der Waals surface area (Å²) in [4.78, 5) is 23.9. The average Bonchev–Trinajstić information content (AvgIpc) is 2.59. The fourth-order valence-corrected chi connectivity index (χ4v) is 2.85. The molecule has 2 rings (SSSR count). The Hall–Kier alpha value is -2.10. The Bertz CT molecular complexity index is 534. The molecule has 1 saturated carbocycles. The van der Waals surface area contributed by atoms with Crippen LogP contribution in [-0.2, 0) is 9.59 Å². The second kappa shape index (κ2) is 9.13. The quantitative estimate of drug-likeness (QED) is 0.793. The molecule has 1 unspecified atom stereocenters. The Morgan fingerprint density at radius 2 is 1.87 bits per heavy atom. The van der Waals surface area contributed by atoms with Gasteiger partial charge in [-0.25, -0.2) is 0 Å². The number of benzene rings is 1. The van der Waals surface area contributed by atoms with E-state index in [0.717, 1.165) is 12.1 Å². The summed E-state index contributed by atoms with van der Waals surface area (Å²) in [5.74, 6) is 0.222. The van der Waals surface area contributed by atoms with Gasteiger partial charge in [0.25, 0.3) is 0 Å². The van der Waals surface area contributed by atoms with Crippen LogP contribution in [0, 0.1) is 5.92 Å². The summed E-state index contributed by atoms with van der Waals surface area (Å²) < 4.78 is 0. The highest BCUT2D eigenvalue weighted by atomic mass is 16.2. The molecule has 1 aliphatic carbocycles. The second-order valence-corrected chi connectivity index (χ2v) is 6.22. The summed E-state index contributed by atoms with van der Waals surface area (Å²) in [5, 5.41) is 5.65. The molecule has 0 aromatic heterocycles. The number of carbonyl (C=O) groups is 2. The van der Waals surface area contributed by atoms with Crippen molar-refractivity contribution in [2.24, 2.45) is 5.92 Å². The van der Waals surface area contributed by atoms with Gasteiger partial charge in [0.1, 0.15) is 6.04 Å². The third-order valence-electron chi connectivity index (χ3n) is 4.27. The number of nitrogens with one attached hydrogen (secondary N) is 2. The SMILES string of the molecule is CC(NC(=O)/C=C/c1ccccc1)C(=O)NCC1CCCCC1. The normalized spacial score (nSPS) is 16.9. The van der Waals surface area contributed by atoms with Crippen molar-refractivity contribution in [3.8, 4) is 0 Å². The van der Waals surface area contributed by atoms with Crippen LogP contribution in [0.25, 0.3) is 6.08 Å². The monoisotopic (exact) mass is 314 g/mol. The van der Waals surface area contributed by atoms with Gasteiger partial charge < -0.3 is 10.6 Å². The van der Waals surface area contributed by atoms with Gasteiger partial charge in [-0.3, -0.25) is 9.59 Å². The van der Waals surface area contributed by atoms with Crippen molar-refractivity contribution in [1.29, 1.82) is 0 Å². The molecule has 23 heavy (non-hydrogen) atoms. The maximum absolute atomic E-state index is 12.0. The number of hydrogen-bond acceptors (Lipinski definition) is 2. The second-order valence-electron chi connectivity index (χ2n) is 6.22. The van der Waals surface area contributed by atoms with Crippen LogP contribution in [0.4, 0.5) is 0 Å². The molecule has 1 aromatic carbocycles. The molecule has 1 atom stereocenters. The van der Waals surface area contributed by atoms with Crippen LogP contribution < -0.4 is 10.6 Å². The summed E-state index contributed by atoms with van der Waals surface area (Å²) >= 11 is 0. The zero-order valence-corrected chi connectivity index (χ0v) is 13.8. The van der Waals surface area contributed by atoms with E-state index in [4.69, 9.17) is 0 Å². The highest BCUT2D eigenvalue weighted by Gasteiger charge is 2.17. The van der Waals surface area contributed by atoms with Crippen LogP contribution in [0.3, 0.4) is 0 Å². The number of rotatable bonds is 6. The zero-order valence-electron chi connectivity index (χ0n) is 13.8. The van der Waals surface area contributed by atoms with Gasteiger partial charge in [0.2, 0.25) is 11.8 Å². The van der Waals surface area contributed by atoms with Crippen LogP contribution in [-0.4, -0.2) is 24.4 Å². The molecule has 1 aromatic rings. The van der Waals surface area contributed by atoms with E-state index in [1.165, 1.54) is 38.2 Å². The van der Waals surface area contributed by atoms with Gasteiger partial charge in [-0.05, 0) is 37.3 Å². The summed E-state index contributed by atoms with van der Waals surface area (Å²) in [7, 11) is 0. The minimum Gasteiger partial charge on any atom is -0.354 e. The molecule has 0 heterocycles. The van der Waals surface area contributed by atoms with Crippen molar-refractivity contribution in [1.82, 2.24) is 10.6 Å². The van der Waals surface area contributed by atoms with Crippen LogP contribution in [0.1, 0.15) is 44.6 Å². The van der Waals surface area contributed by atoms with E-state index in [-0.39, 0.29) is 11.8 Å². The number of carbonyl (C=O) groups excluding carboxylic acids is 2. The molecular formula is C19H26N2O2. The van der Waals surface area contributed by atoms with E-state index < -0.39 is 6.04 Å². The van der Waals surface area contributed by atoms with Crippen LogP contribution in [0.5, 0.6) is 0 Å². The van der Waals surface area contributed by atoms with E-state index >= 15 is 0 Å². The lowest BCUT2D eigenvalue weighted by atomic mass is 9.89. The van der Waals surface area contributed by atoms with Crippen molar-refractivity contribution < 1.29 is 9.59 Å². The topological polar surface area (TPSA) is 58.2 Å². The fourth-order valence-electron chi connectivity index (χ4n) is 2.85. The van der Waals surface area contributed by atoms with Crippen molar-refractivity contribution in [2.45, 2.75) is 45.1 Å². The molecule has 2 amide bonds. The molecule has 4 nitrogen and oxygen atoms in total. The molecule has 4 heteroatoms. The molecule has 0 bridgehead atoms. The molecule has 1 aliphatic rings. The van der Waals surface area contributed by atoms with Crippen molar-refractivity contribution in [3.63, 3.8) is 0 Å². The summed E-state index contributed by atoms with van der Waals surface area (Å²) in [6, 6.07) is 9.08. The first-order valence-corrected chi connectivity index (χ1v) is 8.46. The first kappa shape index (κ1) is 17.3. The van der Waals surface area contributed by atoms with Crippen molar-refractivity contribution >= 4 is 17.9 Å². The van der Waals surface area contributed by atoms with E-state index in [9.17, 15) is 9.59 Å². The Balaban J connectivity index is 1.71. The largest absolute Gasteiger partial charge is 0.354 e. The fraction of sp³-hybridized carbons (Fsp3) is 0.474. The first-order chi connectivity index (χ1) is 11.1.